The number of halogens is 1. The number of hydrogen-bond acceptors (Lipinski definition) is 3. The summed E-state index contributed by atoms with van der Waals surface area (Å²) in [5.74, 6) is 0.783. The smallest absolute Gasteiger partial charge is 0.224 e. The molecule has 0 radical (unpaired) electrons. The molecule has 20 heavy (non-hydrogen) atoms. The molecule has 2 atom stereocenters. The molecule has 2 N–H and O–H groups in total. The van der Waals surface area contributed by atoms with Gasteiger partial charge in [-0.2, -0.15) is 0 Å². The highest BCUT2D eigenvalue weighted by atomic mass is 35.5. The molecule has 1 amide bonds. The van der Waals surface area contributed by atoms with E-state index in [4.69, 9.17) is 16.3 Å². The number of amides is 1. The Morgan fingerprint density at radius 3 is 3.00 bits per heavy atom. The van der Waals surface area contributed by atoms with Crippen LogP contribution < -0.4 is 10.1 Å². The van der Waals surface area contributed by atoms with Crippen LogP contribution in [0.4, 0.5) is 0 Å². The van der Waals surface area contributed by atoms with Gasteiger partial charge in [-0.3, -0.25) is 4.79 Å². The molecule has 4 nitrogen and oxygen atoms in total. The van der Waals surface area contributed by atoms with Crippen LogP contribution in [0.2, 0.25) is 5.02 Å². The monoisotopic (exact) mass is 297 g/mol. The molecule has 1 aliphatic carbocycles. The summed E-state index contributed by atoms with van der Waals surface area (Å²) in [5, 5.41) is 12.9. The Bertz CT molecular complexity index is 478. The number of carbonyl (C=O) groups excluding carboxylic acids is 1. The van der Waals surface area contributed by atoms with Gasteiger partial charge in [-0.15, -0.1) is 0 Å². The van der Waals surface area contributed by atoms with Crippen molar-refractivity contribution in [1.82, 2.24) is 5.32 Å². The van der Waals surface area contributed by atoms with Crippen LogP contribution >= 0.6 is 11.6 Å². The largest absolute Gasteiger partial charge is 0.496 e. The van der Waals surface area contributed by atoms with Gasteiger partial charge in [0.25, 0.3) is 0 Å². The molecule has 0 bridgehead atoms. The first-order valence-electron chi connectivity index (χ1n) is 6.86. The van der Waals surface area contributed by atoms with Crippen molar-refractivity contribution in [2.75, 3.05) is 13.7 Å². The van der Waals surface area contributed by atoms with Gasteiger partial charge in [-0.05, 0) is 31.0 Å². The first-order chi connectivity index (χ1) is 9.63. The number of methoxy groups -OCH3 is 1. The molecule has 2 unspecified atom stereocenters. The molecular weight excluding hydrogens is 278 g/mol. The van der Waals surface area contributed by atoms with Gasteiger partial charge in [0.1, 0.15) is 5.75 Å². The van der Waals surface area contributed by atoms with E-state index in [0.717, 1.165) is 24.8 Å². The molecule has 0 spiro atoms. The summed E-state index contributed by atoms with van der Waals surface area (Å²) in [4.78, 5) is 12.1. The average Bonchev–Trinajstić information content (AvgIpc) is 2.86. The first-order valence-corrected chi connectivity index (χ1v) is 7.24. The third-order valence-corrected chi connectivity index (χ3v) is 4.07. The number of hydrogen-bond donors (Lipinski definition) is 2. The molecule has 0 aromatic heterocycles. The summed E-state index contributed by atoms with van der Waals surface area (Å²) in [6, 6.07) is 5.33. The van der Waals surface area contributed by atoms with E-state index in [9.17, 15) is 9.90 Å². The van der Waals surface area contributed by atoms with Crippen LogP contribution in [0.5, 0.6) is 5.75 Å². The van der Waals surface area contributed by atoms with E-state index in [-0.39, 0.29) is 30.9 Å². The minimum absolute atomic E-state index is 0.0593. The number of aliphatic hydroxyl groups excluding tert-OH is 1. The van der Waals surface area contributed by atoms with Gasteiger partial charge in [0.15, 0.2) is 0 Å². The maximum absolute atomic E-state index is 12.1. The highest BCUT2D eigenvalue weighted by Crippen LogP contribution is 2.26. The Balaban J connectivity index is 1.99. The lowest BCUT2D eigenvalue weighted by atomic mass is 10.0. The zero-order valence-electron chi connectivity index (χ0n) is 11.6. The minimum Gasteiger partial charge on any atom is -0.496 e. The van der Waals surface area contributed by atoms with Gasteiger partial charge in [0, 0.05) is 29.2 Å². The maximum atomic E-state index is 12.1. The molecule has 0 saturated heterocycles. The quantitative estimate of drug-likeness (QED) is 0.876. The summed E-state index contributed by atoms with van der Waals surface area (Å²) in [6.07, 6.45) is 3.20. The van der Waals surface area contributed by atoms with Crippen molar-refractivity contribution >= 4 is 17.5 Å². The summed E-state index contributed by atoms with van der Waals surface area (Å²) in [5.41, 5.74) is 0.774. The number of ether oxygens (including phenoxy) is 1. The number of carbonyl (C=O) groups is 1. The van der Waals surface area contributed by atoms with E-state index in [1.54, 1.807) is 25.3 Å². The predicted octanol–water partition coefficient (Wildman–Crippen LogP) is 2.17. The second-order valence-corrected chi connectivity index (χ2v) is 5.62. The fraction of sp³-hybridized carbons (Fsp3) is 0.533. The molecule has 1 aliphatic rings. The molecule has 110 valence electrons. The molecule has 5 heteroatoms. The van der Waals surface area contributed by atoms with Crippen molar-refractivity contribution in [3.8, 4) is 5.75 Å². The molecule has 1 saturated carbocycles. The van der Waals surface area contributed by atoms with Gasteiger partial charge < -0.3 is 15.2 Å². The molecule has 1 aromatic rings. The van der Waals surface area contributed by atoms with Gasteiger partial charge in [0.2, 0.25) is 5.91 Å². The fourth-order valence-corrected chi connectivity index (χ4v) is 2.96. The Labute approximate surface area is 124 Å². The van der Waals surface area contributed by atoms with Gasteiger partial charge in [-0.1, -0.05) is 18.0 Å². The minimum atomic E-state index is -0.0593. The Kier molecular flexibility index (Phi) is 5.26. The van der Waals surface area contributed by atoms with Crippen LogP contribution in [0.15, 0.2) is 18.2 Å². The van der Waals surface area contributed by atoms with Crippen LogP contribution in [0.25, 0.3) is 0 Å². The second kappa shape index (κ2) is 6.95. The molecule has 1 fully saturated rings. The third-order valence-electron chi connectivity index (χ3n) is 3.83. The topological polar surface area (TPSA) is 58.6 Å². The highest BCUT2D eigenvalue weighted by Gasteiger charge is 2.27. The van der Waals surface area contributed by atoms with Crippen molar-refractivity contribution in [2.24, 2.45) is 5.92 Å². The third kappa shape index (κ3) is 3.64. The van der Waals surface area contributed by atoms with E-state index in [1.807, 2.05) is 0 Å². The number of benzene rings is 1. The number of nitrogens with one attached hydrogen (secondary N) is 1. The van der Waals surface area contributed by atoms with E-state index >= 15 is 0 Å². The van der Waals surface area contributed by atoms with Crippen molar-refractivity contribution in [3.05, 3.63) is 28.8 Å². The summed E-state index contributed by atoms with van der Waals surface area (Å²) < 4.78 is 5.23. The van der Waals surface area contributed by atoms with Crippen LogP contribution in [-0.2, 0) is 11.2 Å². The Morgan fingerprint density at radius 1 is 1.50 bits per heavy atom. The first kappa shape index (κ1) is 15.1. The second-order valence-electron chi connectivity index (χ2n) is 5.18. The van der Waals surface area contributed by atoms with Crippen LogP contribution in [0.1, 0.15) is 24.8 Å². The summed E-state index contributed by atoms with van der Waals surface area (Å²) >= 11 is 5.95. The zero-order valence-corrected chi connectivity index (χ0v) is 12.3. The van der Waals surface area contributed by atoms with Gasteiger partial charge in [-0.25, -0.2) is 0 Å². The van der Waals surface area contributed by atoms with Crippen LogP contribution in [0, 0.1) is 5.92 Å². The summed E-state index contributed by atoms with van der Waals surface area (Å²) in [6.45, 7) is 0.130. The predicted molar refractivity (Wildman–Crippen MR) is 78.1 cm³/mol. The van der Waals surface area contributed by atoms with E-state index < -0.39 is 0 Å². The van der Waals surface area contributed by atoms with Gasteiger partial charge >= 0.3 is 0 Å². The van der Waals surface area contributed by atoms with Crippen molar-refractivity contribution < 1.29 is 14.6 Å². The molecule has 1 aromatic carbocycles. The van der Waals surface area contributed by atoms with Crippen molar-refractivity contribution in [3.63, 3.8) is 0 Å². The normalized spacial score (nSPS) is 21.8. The number of rotatable bonds is 5. The van der Waals surface area contributed by atoms with Crippen LogP contribution in [0.3, 0.4) is 0 Å². The lowest BCUT2D eigenvalue weighted by molar-refractivity contribution is -0.121. The molecule has 0 heterocycles. The lowest BCUT2D eigenvalue weighted by Crippen LogP contribution is -2.39. The van der Waals surface area contributed by atoms with Gasteiger partial charge in [0.05, 0.1) is 13.5 Å². The maximum Gasteiger partial charge on any atom is 0.224 e. The average molecular weight is 298 g/mol. The Morgan fingerprint density at radius 2 is 2.30 bits per heavy atom. The van der Waals surface area contributed by atoms with Crippen molar-refractivity contribution in [1.29, 1.82) is 0 Å². The molecule has 2 rings (SSSR count). The number of aliphatic hydroxyl groups is 1. The van der Waals surface area contributed by atoms with E-state index in [2.05, 4.69) is 5.32 Å². The van der Waals surface area contributed by atoms with E-state index in [0.29, 0.717) is 10.8 Å². The van der Waals surface area contributed by atoms with Crippen LogP contribution in [-0.4, -0.2) is 30.8 Å². The lowest BCUT2D eigenvalue weighted by Gasteiger charge is -2.19. The molecular formula is C15H20ClNO3. The Hall–Kier alpha value is -1.26. The van der Waals surface area contributed by atoms with E-state index in [1.165, 1.54) is 0 Å². The van der Waals surface area contributed by atoms with Crippen molar-refractivity contribution in [2.45, 2.75) is 31.7 Å². The summed E-state index contributed by atoms with van der Waals surface area (Å²) in [7, 11) is 1.57. The standard InChI is InChI=1S/C15H20ClNO3/c1-20-14-6-5-12(16)7-11(14)8-15(19)17-13-4-2-3-10(13)9-18/h5-7,10,13,18H,2-4,8-9H2,1H3,(H,17,19). The fourth-order valence-electron chi connectivity index (χ4n) is 2.76. The zero-order chi connectivity index (χ0) is 14.5. The highest BCUT2D eigenvalue weighted by molar-refractivity contribution is 6.30. The SMILES string of the molecule is COc1ccc(Cl)cc1CC(=O)NC1CCCC1CO. The molecule has 0 aliphatic heterocycles.